The zero-order valence-corrected chi connectivity index (χ0v) is 10.5. The molecule has 5 heteroatoms. The SMILES string of the molecule is Cc1cccnc1-c1cc2cccnc2c(NN)n1. The van der Waals surface area contributed by atoms with Crippen LogP contribution in [0.4, 0.5) is 5.82 Å². The number of hydrogen-bond acceptors (Lipinski definition) is 5. The van der Waals surface area contributed by atoms with E-state index in [1.807, 2.05) is 37.3 Å². The van der Waals surface area contributed by atoms with Gasteiger partial charge >= 0.3 is 0 Å². The number of nitrogens with two attached hydrogens (primary N) is 1. The number of hydrazine groups is 1. The van der Waals surface area contributed by atoms with E-state index >= 15 is 0 Å². The van der Waals surface area contributed by atoms with Gasteiger partial charge in [0, 0.05) is 17.8 Å². The molecule has 0 aliphatic carbocycles. The van der Waals surface area contributed by atoms with Crippen LogP contribution in [-0.2, 0) is 0 Å². The molecule has 5 nitrogen and oxygen atoms in total. The fourth-order valence-corrected chi connectivity index (χ4v) is 2.06. The molecule has 3 aromatic heterocycles. The number of nitrogens with one attached hydrogen (secondary N) is 1. The zero-order chi connectivity index (χ0) is 13.2. The average Bonchev–Trinajstić information content (AvgIpc) is 2.46. The summed E-state index contributed by atoms with van der Waals surface area (Å²) in [5, 5.41) is 0.977. The van der Waals surface area contributed by atoms with E-state index < -0.39 is 0 Å². The first-order chi connectivity index (χ1) is 9.29. The van der Waals surface area contributed by atoms with Crippen molar-refractivity contribution in [3.05, 3.63) is 48.3 Å². The van der Waals surface area contributed by atoms with Gasteiger partial charge in [0.2, 0.25) is 0 Å². The first kappa shape index (κ1) is 11.6. The highest BCUT2D eigenvalue weighted by atomic mass is 15.3. The monoisotopic (exact) mass is 251 g/mol. The van der Waals surface area contributed by atoms with Gasteiger partial charge in [0.1, 0.15) is 5.52 Å². The maximum Gasteiger partial charge on any atom is 0.167 e. The molecule has 3 aromatic rings. The van der Waals surface area contributed by atoms with Crippen LogP contribution >= 0.6 is 0 Å². The van der Waals surface area contributed by atoms with E-state index in [-0.39, 0.29) is 0 Å². The highest BCUT2D eigenvalue weighted by Crippen LogP contribution is 2.26. The minimum absolute atomic E-state index is 0.554. The topological polar surface area (TPSA) is 76.7 Å². The van der Waals surface area contributed by atoms with E-state index in [1.54, 1.807) is 12.4 Å². The Labute approximate surface area is 110 Å². The minimum atomic E-state index is 0.554. The molecule has 0 atom stereocenters. The van der Waals surface area contributed by atoms with Gasteiger partial charge in [-0.25, -0.2) is 10.8 Å². The van der Waals surface area contributed by atoms with E-state index in [2.05, 4.69) is 20.4 Å². The van der Waals surface area contributed by atoms with Gasteiger partial charge < -0.3 is 5.43 Å². The molecule has 0 radical (unpaired) electrons. The van der Waals surface area contributed by atoms with Gasteiger partial charge in [0.05, 0.1) is 11.4 Å². The lowest BCUT2D eigenvalue weighted by atomic mass is 10.1. The Balaban J connectivity index is 2.29. The molecule has 19 heavy (non-hydrogen) atoms. The third kappa shape index (κ3) is 2.00. The second-order valence-corrected chi connectivity index (χ2v) is 4.24. The summed E-state index contributed by atoms with van der Waals surface area (Å²) in [7, 11) is 0. The lowest BCUT2D eigenvalue weighted by molar-refractivity contribution is 1.19. The molecule has 0 aliphatic rings. The first-order valence-electron chi connectivity index (χ1n) is 5.94. The van der Waals surface area contributed by atoms with Gasteiger partial charge in [-0.1, -0.05) is 12.1 Å². The van der Waals surface area contributed by atoms with Gasteiger partial charge in [-0.15, -0.1) is 0 Å². The number of nitrogens with zero attached hydrogens (tertiary/aromatic N) is 3. The standard InChI is InChI=1S/C14H13N5/c1-9-4-2-6-16-12(9)11-8-10-5-3-7-17-13(10)14(18-11)19-15/h2-8H,15H2,1H3,(H,18,19). The Hall–Kier alpha value is -2.53. The highest BCUT2D eigenvalue weighted by Gasteiger charge is 2.10. The van der Waals surface area contributed by atoms with Gasteiger partial charge in [-0.3, -0.25) is 9.97 Å². The summed E-state index contributed by atoms with van der Waals surface area (Å²) in [6.07, 6.45) is 3.48. The molecule has 0 unspecified atom stereocenters. The van der Waals surface area contributed by atoms with Gasteiger partial charge in [-0.05, 0) is 30.7 Å². The molecule has 3 rings (SSSR count). The van der Waals surface area contributed by atoms with Crippen LogP contribution in [0.5, 0.6) is 0 Å². The van der Waals surface area contributed by atoms with Crippen molar-refractivity contribution in [1.29, 1.82) is 0 Å². The Morgan fingerprint density at radius 2 is 1.89 bits per heavy atom. The first-order valence-corrected chi connectivity index (χ1v) is 5.94. The molecule has 0 fully saturated rings. The quantitative estimate of drug-likeness (QED) is 0.539. The van der Waals surface area contributed by atoms with Crippen LogP contribution < -0.4 is 11.3 Å². The van der Waals surface area contributed by atoms with Crippen LogP contribution in [0.2, 0.25) is 0 Å². The number of anilines is 1. The van der Waals surface area contributed by atoms with E-state index in [1.165, 1.54) is 0 Å². The normalized spacial score (nSPS) is 10.6. The smallest absolute Gasteiger partial charge is 0.167 e. The fraction of sp³-hybridized carbons (Fsp3) is 0.0714. The number of rotatable bonds is 2. The second kappa shape index (κ2) is 4.62. The molecule has 0 spiro atoms. The molecule has 0 saturated heterocycles. The number of aryl methyl sites for hydroxylation is 1. The van der Waals surface area contributed by atoms with Gasteiger partial charge in [0.25, 0.3) is 0 Å². The molecule has 0 bridgehead atoms. The van der Waals surface area contributed by atoms with Crippen molar-refractivity contribution < 1.29 is 0 Å². The van der Waals surface area contributed by atoms with Crippen molar-refractivity contribution >= 4 is 16.7 Å². The molecular weight excluding hydrogens is 238 g/mol. The summed E-state index contributed by atoms with van der Waals surface area (Å²) in [6.45, 7) is 2.01. The van der Waals surface area contributed by atoms with Crippen LogP contribution in [-0.4, -0.2) is 15.0 Å². The Kier molecular flexibility index (Phi) is 2.81. The third-order valence-corrected chi connectivity index (χ3v) is 2.98. The van der Waals surface area contributed by atoms with Crippen molar-refractivity contribution in [2.75, 3.05) is 5.43 Å². The minimum Gasteiger partial charge on any atom is -0.307 e. The maximum absolute atomic E-state index is 5.53. The number of aromatic nitrogens is 3. The number of pyridine rings is 3. The summed E-state index contributed by atoms with van der Waals surface area (Å²) >= 11 is 0. The number of nitrogen functional groups attached to an aromatic ring is 1. The van der Waals surface area contributed by atoms with E-state index in [4.69, 9.17) is 5.84 Å². The zero-order valence-electron chi connectivity index (χ0n) is 10.5. The molecule has 3 N–H and O–H groups in total. The van der Waals surface area contributed by atoms with Crippen LogP contribution in [0.25, 0.3) is 22.3 Å². The summed E-state index contributed by atoms with van der Waals surface area (Å²) in [6, 6.07) is 9.75. The molecule has 0 amide bonds. The lowest BCUT2D eigenvalue weighted by Crippen LogP contribution is -2.10. The van der Waals surface area contributed by atoms with Crippen molar-refractivity contribution in [1.82, 2.24) is 15.0 Å². The molecule has 0 saturated carbocycles. The van der Waals surface area contributed by atoms with Crippen molar-refractivity contribution in [2.45, 2.75) is 6.92 Å². The van der Waals surface area contributed by atoms with E-state index in [0.717, 1.165) is 27.9 Å². The molecule has 0 aromatic carbocycles. The molecular formula is C14H13N5. The van der Waals surface area contributed by atoms with Crippen LogP contribution in [0.1, 0.15) is 5.56 Å². The molecule has 0 aliphatic heterocycles. The number of hydrogen-bond donors (Lipinski definition) is 2. The van der Waals surface area contributed by atoms with E-state index in [0.29, 0.717) is 5.82 Å². The predicted octanol–water partition coefficient (Wildman–Crippen LogP) is 2.29. The highest BCUT2D eigenvalue weighted by molar-refractivity contribution is 5.90. The van der Waals surface area contributed by atoms with Crippen molar-refractivity contribution in [2.24, 2.45) is 5.84 Å². The number of fused-ring (bicyclic) bond motifs is 1. The van der Waals surface area contributed by atoms with Crippen LogP contribution in [0.3, 0.4) is 0 Å². The predicted molar refractivity (Wildman–Crippen MR) is 75.3 cm³/mol. The fourth-order valence-electron chi connectivity index (χ4n) is 2.06. The summed E-state index contributed by atoms with van der Waals surface area (Å²) in [5.41, 5.74) is 6.06. The second-order valence-electron chi connectivity index (χ2n) is 4.24. The van der Waals surface area contributed by atoms with E-state index in [9.17, 15) is 0 Å². The van der Waals surface area contributed by atoms with Gasteiger partial charge in [-0.2, -0.15) is 0 Å². The van der Waals surface area contributed by atoms with Crippen molar-refractivity contribution in [3.8, 4) is 11.4 Å². The largest absolute Gasteiger partial charge is 0.307 e. The Morgan fingerprint density at radius 3 is 2.68 bits per heavy atom. The summed E-state index contributed by atoms with van der Waals surface area (Å²) < 4.78 is 0. The summed E-state index contributed by atoms with van der Waals surface area (Å²) in [5.74, 6) is 6.08. The average molecular weight is 251 g/mol. The maximum atomic E-state index is 5.53. The summed E-state index contributed by atoms with van der Waals surface area (Å²) in [4.78, 5) is 13.2. The Bertz CT molecular complexity index is 739. The van der Waals surface area contributed by atoms with Crippen molar-refractivity contribution in [3.63, 3.8) is 0 Å². The molecule has 94 valence electrons. The third-order valence-electron chi connectivity index (χ3n) is 2.98. The van der Waals surface area contributed by atoms with Crippen LogP contribution in [0, 0.1) is 6.92 Å². The Morgan fingerprint density at radius 1 is 1.11 bits per heavy atom. The van der Waals surface area contributed by atoms with Gasteiger partial charge in [0.15, 0.2) is 5.82 Å². The molecule has 3 heterocycles. The lowest BCUT2D eigenvalue weighted by Gasteiger charge is -2.09. The van der Waals surface area contributed by atoms with Crippen LogP contribution in [0.15, 0.2) is 42.7 Å².